The Morgan fingerprint density at radius 3 is 3.00 bits per heavy atom. The third-order valence-corrected chi connectivity index (χ3v) is 4.11. The largest absolute Gasteiger partial charge is 0.481 e. The number of carboxylic acid groups (broad SMARTS) is 1. The van der Waals surface area contributed by atoms with E-state index in [1.165, 1.54) is 5.56 Å². The fraction of sp³-hybridized carbons (Fsp3) is 0.600. The Hall–Kier alpha value is -1.42. The Morgan fingerprint density at radius 1 is 1.58 bits per heavy atom. The van der Waals surface area contributed by atoms with E-state index in [4.69, 9.17) is 0 Å². The minimum absolute atomic E-state index is 0.544. The van der Waals surface area contributed by atoms with Crippen LogP contribution in [0.3, 0.4) is 0 Å². The van der Waals surface area contributed by atoms with Crippen LogP contribution >= 0.6 is 0 Å². The molecule has 0 aliphatic carbocycles. The van der Waals surface area contributed by atoms with Crippen molar-refractivity contribution in [2.45, 2.75) is 39.7 Å². The first-order valence-corrected chi connectivity index (χ1v) is 6.93. The summed E-state index contributed by atoms with van der Waals surface area (Å²) in [4.78, 5) is 18.1. The molecule has 1 fully saturated rings. The molecular weight excluding hydrogens is 240 g/mol. The van der Waals surface area contributed by atoms with Crippen LogP contribution in [0.25, 0.3) is 0 Å². The van der Waals surface area contributed by atoms with Crippen molar-refractivity contribution in [2.24, 2.45) is 5.41 Å². The van der Waals surface area contributed by atoms with Crippen molar-refractivity contribution < 1.29 is 9.90 Å². The number of rotatable bonds is 5. The van der Waals surface area contributed by atoms with Gasteiger partial charge >= 0.3 is 5.97 Å². The number of aliphatic carboxylic acids is 1. The first kappa shape index (κ1) is 14.0. The van der Waals surface area contributed by atoms with E-state index in [1.54, 1.807) is 6.20 Å². The maximum absolute atomic E-state index is 11.5. The van der Waals surface area contributed by atoms with Gasteiger partial charge in [-0.05, 0) is 37.9 Å². The molecule has 0 amide bonds. The van der Waals surface area contributed by atoms with Crippen LogP contribution in [0.2, 0.25) is 0 Å². The average Bonchev–Trinajstić information content (AvgIpc) is 2.77. The molecule has 2 rings (SSSR count). The monoisotopic (exact) mass is 262 g/mol. The Bertz CT molecular complexity index is 461. The van der Waals surface area contributed by atoms with Gasteiger partial charge < -0.3 is 5.11 Å². The minimum atomic E-state index is -0.644. The summed E-state index contributed by atoms with van der Waals surface area (Å²) in [6.07, 6.45) is 4.24. The molecule has 2 heterocycles. The molecule has 4 nitrogen and oxygen atoms in total. The van der Waals surface area contributed by atoms with Crippen molar-refractivity contribution >= 4 is 5.97 Å². The van der Waals surface area contributed by atoms with Gasteiger partial charge in [-0.3, -0.25) is 14.7 Å². The second-order valence-electron chi connectivity index (χ2n) is 5.56. The van der Waals surface area contributed by atoms with Crippen molar-refractivity contribution in [2.75, 3.05) is 13.1 Å². The predicted molar refractivity (Wildman–Crippen MR) is 73.8 cm³/mol. The highest BCUT2D eigenvalue weighted by Gasteiger charge is 2.43. The lowest BCUT2D eigenvalue weighted by Crippen LogP contribution is -2.34. The number of aromatic nitrogens is 1. The van der Waals surface area contributed by atoms with E-state index in [2.05, 4.69) is 29.8 Å². The van der Waals surface area contributed by atoms with Gasteiger partial charge in [0.2, 0.25) is 0 Å². The highest BCUT2D eigenvalue weighted by Crippen LogP contribution is 2.36. The fourth-order valence-electron chi connectivity index (χ4n) is 2.95. The van der Waals surface area contributed by atoms with Gasteiger partial charge in [-0.2, -0.15) is 0 Å². The van der Waals surface area contributed by atoms with Crippen molar-refractivity contribution in [1.82, 2.24) is 9.88 Å². The zero-order valence-corrected chi connectivity index (χ0v) is 11.7. The minimum Gasteiger partial charge on any atom is -0.481 e. The normalized spacial score (nSPS) is 23.7. The first-order valence-electron chi connectivity index (χ1n) is 6.93. The molecule has 1 N–H and O–H groups in total. The highest BCUT2D eigenvalue weighted by molar-refractivity contribution is 5.75. The van der Waals surface area contributed by atoms with E-state index in [-0.39, 0.29) is 0 Å². The lowest BCUT2D eigenvalue weighted by Gasteiger charge is -2.24. The summed E-state index contributed by atoms with van der Waals surface area (Å²) in [5, 5.41) is 9.49. The van der Waals surface area contributed by atoms with Crippen LogP contribution in [0, 0.1) is 12.3 Å². The SMILES string of the molecule is CCCC1(C(=O)O)CCN(Cc2ncccc2C)C1. The molecule has 104 valence electrons. The fourth-order valence-corrected chi connectivity index (χ4v) is 2.95. The molecule has 1 aromatic rings. The topological polar surface area (TPSA) is 53.4 Å². The third-order valence-electron chi connectivity index (χ3n) is 4.11. The van der Waals surface area contributed by atoms with Crippen molar-refractivity contribution in [1.29, 1.82) is 0 Å². The van der Waals surface area contributed by atoms with Gasteiger partial charge in [0.15, 0.2) is 0 Å². The molecule has 0 bridgehead atoms. The molecule has 1 aliphatic heterocycles. The van der Waals surface area contributed by atoms with Gasteiger partial charge in [0.1, 0.15) is 0 Å². The van der Waals surface area contributed by atoms with E-state index in [1.807, 2.05) is 6.07 Å². The summed E-state index contributed by atoms with van der Waals surface area (Å²) in [6.45, 7) is 6.35. The summed E-state index contributed by atoms with van der Waals surface area (Å²) in [5.41, 5.74) is 1.68. The van der Waals surface area contributed by atoms with E-state index in [0.717, 1.165) is 38.0 Å². The van der Waals surface area contributed by atoms with Gasteiger partial charge in [-0.1, -0.05) is 19.4 Å². The number of carboxylic acids is 1. The summed E-state index contributed by atoms with van der Waals surface area (Å²) in [7, 11) is 0. The van der Waals surface area contributed by atoms with Crippen LogP contribution < -0.4 is 0 Å². The summed E-state index contributed by atoms with van der Waals surface area (Å²) >= 11 is 0. The van der Waals surface area contributed by atoms with Gasteiger partial charge in [0.05, 0.1) is 11.1 Å². The lowest BCUT2D eigenvalue weighted by molar-refractivity contribution is -0.148. The Balaban J connectivity index is 2.06. The Morgan fingerprint density at radius 2 is 2.37 bits per heavy atom. The summed E-state index contributed by atoms with van der Waals surface area (Å²) in [5.74, 6) is -0.644. The second kappa shape index (κ2) is 5.70. The number of hydrogen-bond donors (Lipinski definition) is 1. The van der Waals surface area contributed by atoms with Crippen LogP contribution in [-0.2, 0) is 11.3 Å². The summed E-state index contributed by atoms with van der Waals surface area (Å²) in [6, 6.07) is 3.98. The van der Waals surface area contributed by atoms with Gasteiger partial charge in [-0.15, -0.1) is 0 Å². The number of likely N-dealkylation sites (tertiary alicyclic amines) is 1. The molecule has 0 saturated carbocycles. The van der Waals surface area contributed by atoms with Crippen LogP contribution in [0.5, 0.6) is 0 Å². The van der Waals surface area contributed by atoms with E-state index in [9.17, 15) is 9.90 Å². The smallest absolute Gasteiger partial charge is 0.310 e. The van der Waals surface area contributed by atoms with Gasteiger partial charge in [0, 0.05) is 19.3 Å². The number of aryl methyl sites for hydroxylation is 1. The number of carbonyl (C=O) groups is 1. The molecule has 1 aromatic heterocycles. The van der Waals surface area contributed by atoms with Gasteiger partial charge in [-0.25, -0.2) is 0 Å². The van der Waals surface area contributed by atoms with Crippen LogP contribution in [0.1, 0.15) is 37.4 Å². The van der Waals surface area contributed by atoms with Crippen molar-refractivity contribution in [3.8, 4) is 0 Å². The Kier molecular flexibility index (Phi) is 4.20. The van der Waals surface area contributed by atoms with E-state index >= 15 is 0 Å². The zero-order chi connectivity index (χ0) is 13.9. The van der Waals surface area contributed by atoms with Gasteiger partial charge in [0.25, 0.3) is 0 Å². The number of hydrogen-bond acceptors (Lipinski definition) is 3. The maximum Gasteiger partial charge on any atom is 0.310 e. The predicted octanol–water partition coefficient (Wildman–Crippen LogP) is 2.47. The molecule has 0 radical (unpaired) electrons. The maximum atomic E-state index is 11.5. The lowest BCUT2D eigenvalue weighted by atomic mass is 9.83. The molecule has 1 atom stereocenters. The van der Waals surface area contributed by atoms with Crippen molar-refractivity contribution in [3.63, 3.8) is 0 Å². The standard InChI is InChI=1S/C15H22N2O2/c1-3-6-15(14(18)19)7-9-17(11-15)10-13-12(2)5-4-8-16-13/h4-5,8H,3,6-7,9-11H2,1-2H3,(H,18,19). The molecule has 1 aliphatic rings. The second-order valence-corrected chi connectivity index (χ2v) is 5.56. The highest BCUT2D eigenvalue weighted by atomic mass is 16.4. The van der Waals surface area contributed by atoms with E-state index < -0.39 is 11.4 Å². The van der Waals surface area contributed by atoms with Crippen LogP contribution in [-0.4, -0.2) is 34.0 Å². The zero-order valence-electron chi connectivity index (χ0n) is 11.7. The molecule has 4 heteroatoms. The molecule has 1 saturated heterocycles. The average molecular weight is 262 g/mol. The molecular formula is C15H22N2O2. The number of pyridine rings is 1. The number of nitrogens with zero attached hydrogens (tertiary/aromatic N) is 2. The van der Waals surface area contributed by atoms with E-state index in [0.29, 0.717) is 6.54 Å². The quantitative estimate of drug-likeness (QED) is 0.885. The van der Waals surface area contributed by atoms with Crippen LogP contribution in [0.15, 0.2) is 18.3 Å². The molecule has 0 aromatic carbocycles. The van der Waals surface area contributed by atoms with Crippen LogP contribution in [0.4, 0.5) is 0 Å². The molecule has 0 spiro atoms. The molecule has 1 unspecified atom stereocenters. The first-order chi connectivity index (χ1) is 9.07. The van der Waals surface area contributed by atoms with Crippen molar-refractivity contribution in [3.05, 3.63) is 29.6 Å². The Labute approximate surface area is 114 Å². The summed E-state index contributed by atoms with van der Waals surface area (Å²) < 4.78 is 0. The third kappa shape index (κ3) is 2.95. The molecule has 19 heavy (non-hydrogen) atoms.